The second-order valence-electron chi connectivity index (χ2n) is 6.21. The Morgan fingerprint density at radius 1 is 1.39 bits per heavy atom. The van der Waals surface area contributed by atoms with Gasteiger partial charge in [0.1, 0.15) is 17.5 Å². The van der Waals surface area contributed by atoms with E-state index in [1.165, 1.54) is 12.1 Å². The number of aliphatic hydroxyl groups excluding tert-OH is 2. The van der Waals surface area contributed by atoms with E-state index in [9.17, 15) is 19.4 Å². The molecule has 2 atom stereocenters. The third kappa shape index (κ3) is 6.72. The second kappa shape index (κ2) is 8.47. The number of alkyl halides is 1. The molecular weight excluding hydrogens is 325 g/mol. The molecular formula is C16H23ClFNO4. The average Bonchev–Trinajstić information content (AvgIpc) is 2.44. The van der Waals surface area contributed by atoms with Crippen LogP contribution in [0.1, 0.15) is 44.4 Å². The van der Waals surface area contributed by atoms with E-state index >= 15 is 0 Å². The first-order valence-electron chi connectivity index (χ1n) is 7.31. The summed E-state index contributed by atoms with van der Waals surface area (Å²) in [5, 5.41) is 22.5. The molecule has 0 heterocycles. The summed E-state index contributed by atoms with van der Waals surface area (Å²) in [5.41, 5.74) is -0.0333. The van der Waals surface area contributed by atoms with Gasteiger partial charge in [0.15, 0.2) is 0 Å². The minimum atomic E-state index is -1.26. The number of amides is 1. The Labute approximate surface area is 140 Å². The van der Waals surface area contributed by atoms with Crippen LogP contribution in [-0.2, 0) is 10.6 Å². The molecule has 5 nitrogen and oxygen atoms in total. The van der Waals surface area contributed by atoms with Crippen LogP contribution in [0.2, 0.25) is 0 Å². The Morgan fingerprint density at radius 3 is 2.57 bits per heavy atom. The number of halogens is 2. The molecule has 2 unspecified atom stereocenters. The summed E-state index contributed by atoms with van der Waals surface area (Å²) in [5.74, 6) is -0.500. The maximum Gasteiger partial charge on any atom is 0.407 e. The third-order valence-electron chi connectivity index (χ3n) is 3.04. The zero-order chi connectivity index (χ0) is 17.6. The van der Waals surface area contributed by atoms with Gasteiger partial charge >= 0.3 is 6.09 Å². The maximum absolute atomic E-state index is 13.6. The molecule has 7 heteroatoms. The third-order valence-corrected chi connectivity index (χ3v) is 3.32. The molecule has 130 valence electrons. The fourth-order valence-corrected chi connectivity index (χ4v) is 2.09. The van der Waals surface area contributed by atoms with Crippen LogP contribution in [0.25, 0.3) is 0 Å². The van der Waals surface area contributed by atoms with Crippen molar-refractivity contribution < 1.29 is 24.1 Å². The van der Waals surface area contributed by atoms with Gasteiger partial charge in [0.05, 0.1) is 12.0 Å². The molecule has 1 rings (SSSR count). The second-order valence-corrected chi connectivity index (χ2v) is 6.48. The van der Waals surface area contributed by atoms with E-state index in [0.717, 1.165) is 6.07 Å². The maximum atomic E-state index is 13.6. The Balaban J connectivity index is 2.49. The topological polar surface area (TPSA) is 78.8 Å². The summed E-state index contributed by atoms with van der Waals surface area (Å²) in [6, 6.07) is 4.12. The predicted molar refractivity (Wildman–Crippen MR) is 85.8 cm³/mol. The molecule has 0 fully saturated rings. The van der Waals surface area contributed by atoms with E-state index in [4.69, 9.17) is 16.3 Å². The van der Waals surface area contributed by atoms with Crippen molar-refractivity contribution in [3.63, 3.8) is 0 Å². The largest absolute Gasteiger partial charge is 0.444 e. The van der Waals surface area contributed by atoms with Gasteiger partial charge < -0.3 is 20.3 Å². The van der Waals surface area contributed by atoms with Gasteiger partial charge in [0.2, 0.25) is 0 Å². The standard InChI is InChI=1S/C16H23ClFNO4/c1-16(2,3)23-15(22)19-7-6-13(20)14(21)10-4-5-11(9-17)12(18)8-10/h4-5,8,13-14,20-21H,6-7,9H2,1-3H3,(H,19,22). The van der Waals surface area contributed by atoms with Crippen LogP contribution in [0.15, 0.2) is 18.2 Å². The van der Waals surface area contributed by atoms with E-state index in [2.05, 4.69) is 5.32 Å². The SMILES string of the molecule is CC(C)(C)OC(=O)NCCC(O)C(O)c1ccc(CCl)c(F)c1. The summed E-state index contributed by atoms with van der Waals surface area (Å²) in [6.07, 6.45) is -2.91. The van der Waals surface area contributed by atoms with Crippen molar-refractivity contribution in [1.29, 1.82) is 0 Å². The zero-order valence-corrected chi connectivity index (χ0v) is 14.2. The van der Waals surface area contributed by atoms with Gasteiger partial charge in [-0.05, 0) is 38.8 Å². The normalized spacial score (nSPS) is 14.2. The van der Waals surface area contributed by atoms with Crippen molar-refractivity contribution in [2.24, 2.45) is 0 Å². The van der Waals surface area contributed by atoms with Crippen molar-refractivity contribution in [2.45, 2.75) is 50.9 Å². The molecule has 0 aliphatic heterocycles. The molecule has 0 aliphatic carbocycles. The molecule has 1 aromatic rings. The summed E-state index contributed by atoms with van der Waals surface area (Å²) < 4.78 is 18.7. The van der Waals surface area contributed by atoms with Crippen molar-refractivity contribution in [2.75, 3.05) is 6.54 Å². The van der Waals surface area contributed by atoms with Gasteiger partial charge in [-0.2, -0.15) is 0 Å². The monoisotopic (exact) mass is 347 g/mol. The molecule has 0 bridgehead atoms. The smallest absolute Gasteiger partial charge is 0.407 e. The fourth-order valence-electron chi connectivity index (χ4n) is 1.87. The number of benzene rings is 1. The van der Waals surface area contributed by atoms with Crippen LogP contribution in [0, 0.1) is 5.82 Å². The molecule has 1 aromatic carbocycles. The van der Waals surface area contributed by atoms with E-state index in [-0.39, 0.29) is 24.4 Å². The van der Waals surface area contributed by atoms with Crippen molar-refractivity contribution in [3.8, 4) is 0 Å². The summed E-state index contributed by atoms with van der Waals surface area (Å²) >= 11 is 5.57. The molecule has 0 saturated heterocycles. The number of ether oxygens (including phenoxy) is 1. The van der Waals surface area contributed by atoms with Crippen molar-refractivity contribution >= 4 is 17.7 Å². The first kappa shape index (κ1) is 19.7. The molecule has 23 heavy (non-hydrogen) atoms. The Kier molecular flexibility index (Phi) is 7.25. The molecule has 0 aromatic heterocycles. The van der Waals surface area contributed by atoms with Crippen LogP contribution in [0.3, 0.4) is 0 Å². The van der Waals surface area contributed by atoms with E-state index in [1.807, 2.05) is 0 Å². The molecule has 1 amide bonds. The van der Waals surface area contributed by atoms with Gasteiger partial charge in [0, 0.05) is 12.1 Å². The van der Waals surface area contributed by atoms with Gasteiger partial charge in [-0.1, -0.05) is 12.1 Å². The highest BCUT2D eigenvalue weighted by Gasteiger charge is 2.20. The van der Waals surface area contributed by atoms with Gasteiger partial charge in [-0.3, -0.25) is 0 Å². The Morgan fingerprint density at radius 2 is 2.04 bits per heavy atom. The summed E-state index contributed by atoms with van der Waals surface area (Å²) in [7, 11) is 0. The lowest BCUT2D eigenvalue weighted by Gasteiger charge is -2.21. The Bertz CT molecular complexity index is 533. The molecule has 0 radical (unpaired) electrons. The van der Waals surface area contributed by atoms with Gasteiger partial charge in [-0.15, -0.1) is 11.6 Å². The average molecular weight is 348 g/mol. The van der Waals surface area contributed by atoms with Gasteiger partial charge in [-0.25, -0.2) is 9.18 Å². The van der Waals surface area contributed by atoms with E-state index in [1.54, 1.807) is 20.8 Å². The van der Waals surface area contributed by atoms with Crippen molar-refractivity contribution in [1.82, 2.24) is 5.32 Å². The van der Waals surface area contributed by atoms with Crippen LogP contribution in [-0.4, -0.2) is 34.6 Å². The number of alkyl carbamates (subject to hydrolysis) is 1. The Hall–Kier alpha value is -1.37. The predicted octanol–water partition coefficient (Wildman–Crippen LogP) is 2.87. The van der Waals surface area contributed by atoms with Crippen LogP contribution < -0.4 is 5.32 Å². The first-order valence-corrected chi connectivity index (χ1v) is 7.84. The van der Waals surface area contributed by atoms with Crippen LogP contribution >= 0.6 is 11.6 Å². The highest BCUT2D eigenvalue weighted by atomic mass is 35.5. The highest BCUT2D eigenvalue weighted by molar-refractivity contribution is 6.17. The minimum absolute atomic E-state index is 0.0323. The summed E-state index contributed by atoms with van der Waals surface area (Å²) in [4.78, 5) is 11.5. The molecule has 0 saturated carbocycles. The number of aliphatic hydroxyl groups is 2. The number of carbonyl (C=O) groups is 1. The lowest BCUT2D eigenvalue weighted by molar-refractivity contribution is 0.0121. The fraction of sp³-hybridized carbons (Fsp3) is 0.562. The molecule has 0 aliphatic rings. The van der Waals surface area contributed by atoms with Crippen LogP contribution in [0.4, 0.5) is 9.18 Å². The first-order chi connectivity index (χ1) is 10.6. The number of rotatable bonds is 6. The van der Waals surface area contributed by atoms with E-state index in [0.29, 0.717) is 5.56 Å². The highest BCUT2D eigenvalue weighted by Crippen LogP contribution is 2.22. The lowest BCUT2D eigenvalue weighted by Crippen LogP contribution is -2.34. The quantitative estimate of drug-likeness (QED) is 0.691. The number of nitrogens with one attached hydrogen (secondary N) is 1. The molecule has 0 spiro atoms. The lowest BCUT2D eigenvalue weighted by atomic mass is 10.0. The van der Waals surface area contributed by atoms with Crippen LogP contribution in [0.5, 0.6) is 0 Å². The summed E-state index contributed by atoms with van der Waals surface area (Å²) in [6.45, 7) is 5.34. The minimum Gasteiger partial charge on any atom is -0.444 e. The zero-order valence-electron chi connectivity index (χ0n) is 13.5. The van der Waals surface area contributed by atoms with Crippen molar-refractivity contribution in [3.05, 3.63) is 35.1 Å². The number of hydrogen-bond acceptors (Lipinski definition) is 4. The number of carbonyl (C=O) groups excluding carboxylic acids is 1. The van der Waals surface area contributed by atoms with E-state index < -0.39 is 29.7 Å². The number of hydrogen-bond donors (Lipinski definition) is 3. The molecule has 3 N–H and O–H groups in total. The van der Waals surface area contributed by atoms with Gasteiger partial charge in [0.25, 0.3) is 0 Å².